The Kier molecular flexibility index (Phi) is 13.0. The summed E-state index contributed by atoms with van der Waals surface area (Å²) < 4.78 is 20.1. The Hall–Kier alpha value is -2.50. The van der Waals surface area contributed by atoms with Gasteiger partial charge in [0, 0.05) is 29.0 Å². The number of hydrogen-bond acceptors (Lipinski definition) is 8. The quantitative estimate of drug-likeness (QED) is 0.262. The molecule has 1 fully saturated rings. The Balaban J connectivity index is 0.00000560. The second kappa shape index (κ2) is 15.5. The van der Waals surface area contributed by atoms with Gasteiger partial charge in [-0.05, 0) is 51.4 Å². The van der Waals surface area contributed by atoms with Gasteiger partial charge in [0.15, 0.2) is 0 Å². The summed E-state index contributed by atoms with van der Waals surface area (Å²) in [7, 11) is 3.69. The fraction of sp³-hybridized carbons (Fsp3) is 0.607. The topological polar surface area (TPSA) is 117 Å². The molecule has 2 N–H and O–H groups in total. The maximum absolute atomic E-state index is 14.6. The molecule has 9 nitrogen and oxygen atoms in total. The highest BCUT2D eigenvalue weighted by Gasteiger charge is 2.35. The zero-order chi connectivity index (χ0) is 28.7. The molecule has 1 aliphatic carbocycles. The van der Waals surface area contributed by atoms with E-state index in [4.69, 9.17) is 4.42 Å². The van der Waals surface area contributed by atoms with E-state index in [1.54, 1.807) is 12.1 Å². The number of ketones is 1. The van der Waals surface area contributed by atoms with Gasteiger partial charge in [0.25, 0.3) is 17.0 Å². The maximum Gasteiger partial charge on any atom is 0.286 e. The molecule has 2 aromatic rings. The lowest BCUT2D eigenvalue weighted by molar-refractivity contribution is -0.127. The normalized spacial score (nSPS) is 17.9. The van der Waals surface area contributed by atoms with Crippen LogP contribution in [0.25, 0.3) is 0 Å². The molecular formula is C28H41ClFN5O4S. The minimum atomic E-state index is -0.827. The zero-order valence-electron chi connectivity index (χ0n) is 24.0. The number of benzene rings is 1. The molecule has 12 heteroatoms. The van der Waals surface area contributed by atoms with Crippen LogP contribution in [-0.4, -0.2) is 64.1 Å². The number of halogens is 2. The van der Waals surface area contributed by atoms with Crippen molar-refractivity contribution in [2.24, 2.45) is 11.8 Å². The first kappa shape index (κ1) is 33.7. The average molecular weight is 598 g/mol. The molecule has 0 bridgehead atoms. The summed E-state index contributed by atoms with van der Waals surface area (Å²) in [6.07, 6.45) is 3.29. The van der Waals surface area contributed by atoms with Crippen LogP contribution in [0.1, 0.15) is 86.4 Å². The minimum absolute atomic E-state index is 0. The monoisotopic (exact) mass is 597 g/mol. The van der Waals surface area contributed by atoms with Crippen molar-refractivity contribution in [1.82, 2.24) is 25.7 Å². The Morgan fingerprint density at radius 3 is 2.45 bits per heavy atom. The molecule has 1 saturated carbocycles. The molecule has 3 atom stereocenters. The van der Waals surface area contributed by atoms with E-state index in [0.717, 1.165) is 12.8 Å². The fourth-order valence-electron chi connectivity index (χ4n) is 4.72. The van der Waals surface area contributed by atoms with Crippen molar-refractivity contribution in [2.75, 3.05) is 14.1 Å². The molecule has 0 spiro atoms. The number of nitrogens with zero attached hydrogens (tertiary/aromatic N) is 3. The molecule has 222 valence electrons. The van der Waals surface area contributed by atoms with E-state index < -0.39 is 35.5 Å². The van der Waals surface area contributed by atoms with Crippen molar-refractivity contribution in [3.63, 3.8) is 0 Å². The van der Waals surface area contributed by atoms with Crippen molar-refractivity contribution in [3.05, 3.63) is 41.0 Å². The molecule has 2 amide bonds. The number of carbonyl (C=O) groups is 3. The van der Waals surface area contributed by atoms with Gasteiger partial charge >= 0.3 is 0 Å². The Morgan fingerprint density at radius 1 is 1.12 bits per heavy atom. The van der Waals surface area contributed by atoms with E-state index in [1.807, 2.05) is 46.7 Å². The van der Waals surface area contributed by atoms with Crippen LogP contribution in [0, 0.1) is 17.7 Å². The summed E-state index contributed by atoms with van der Waals surface area (Å²) in [5, 5.41) is 14.2. The first-order valence-electron chi connectivity index (χ1n) is 13.5. The van der Waals surface area contributed by atoms with Gasteiger partial charge in [0.1, 0.15) is 5.82 Å². The van der Waals surface area contributed by atoms with Crippen molar-refractivity contribution >= 4 is 41.8 Å². The number of Topliss-reactive ketones (excluding diaryl/α,β-unsaturated/α-hetero) is 1. The Labute approximate surface area is 246 Å². The summed E-state index contributed by atoms with van der Waals surface area (Å²) >= 11 is 1.36. The number of aromatic nitrogens is 2. The third kappa shape index (κ3) is 9.55. The summed E-state index contributed by atoms with van der Waals surface area (Å²) in [5.74, 6) is -2.12. The highest BCUT2D eigenvalue weighted by molar-refractivity contribution is 7.99. The predicted molar refractivity (Wildman–Crippen MR) is 155 cm³/mol. The number of hydrogen-bond donors (Lipinski definition) is 2. The van der Waals surface area contributed by atoms with Gasteiger partial charge < -0.3 is 20.0 Å². The van der Waals surface area contributed by atoms with Crippen LogP contribution in [0.5, 0.6) is 0 Å². The minimum Gasteiger partial charge on any atom is -0.408 e. The van der Waals surface area contributed by atoms with E-state index in [1.165, 1.54) is 17.8 Å². The first-order chi connectivity index (χ1) is 18.4. The smallest absolute Gasteiger partial charge is 0.286 e. The summed E-state index contributed by atoms with van der Waals surface area (Å²) in [6, 6.07) is 3.19. The molecule has 0 radical (unpaired) electrons. The first-order valence-corrected chi connectivity index (χ1v) is 14.4. The number of thioether (sulfide) groups is 1. The molecule has 1 aromatic carbocycles. The van der Waals surface area contributed by atoms with Crippen molar-refractivity contribution < 1.29 is 23.2 Å². The molecule has 0 aliphatic heterocycles. The largest absolute Gasteiger partial charge is 0.408 e. The third-order valence-corrected chi connectivity index (χ3v) is 7.35. The van der Waals surface area contributed by atoms with Crippen LogP contribution in [-0.2, 0) is 11.3 Å². The molecule has 1 unspecified atom stereocenters. The lowest BCUT2D eigenvalue weighted by Gasteiger charge is -2.32. The Morgan fingerprint density at radius 2 is 1.82 bits per heavy atom. The lowest BCUT2D eigenvalue weighted by atomic mass is 9.83. The van der Waals surface area contributed by atoms with E-state index in [-0.39, 0.29) is 40.9 Å². The van der Waals surface area contributed by atoms with E-state index in [0.29, 0.717) is 36.6 Å². The van der Waals surface area contributed by atoms with Crippen LogP contribution < -0.4 is 10.6 Å². The highest BCUT2D eigenvalue weighted by Crippen LogP contribution is 2.27. The maximum atomic E-state index is 14.6. The molecule has 1 aliphatic rings. The molecule has 3 rings (SSSR count). The Bertz CT molecular complexity index is 1160. The predicted octanol–water partition coefficient (Wildman–Crippen LogP) is 4.90. The number of nitrogens with one attached hydrogen (secondary N) is 2. The zero-order valence-corrected chi connectivity index (χ0v) is 25.7. The molecular weight excluding hydrogens is 557 g/mol. The van der Waals surface area contributed by atoms with E-state index in [2.05, 4.69) is 20.8 Å². The van der Waals surface area contributed by atoms with Gasteiger partial charge in [0.05, 0.1) is 12.0 Å². The number of carbonyl (C=O) groups excluding carboxylic acids is 3. The van der Waals surface area contributed by atoms with Gasteiger partial charge in [-0.15, -0.1) is 22.6 Å². The molecule has 40 heavy (non-hydrogen) atoms. The van der Waals surface area contributed by atoms with Crippen LogP contribution in [0.4, 0.5) is 4.39 Å². The van der Waals surface area contributed by atoms with Crippen LogP contribution in [0.15, 0.2) is 27.8 Å². The van der Waals surface area contributed by atoms with Crippen LogP contribution >= 0.6 is 24.2 Å². The summed E-state index contributed by atoms with van der Waals surface area (Å²) in [5.41, 5.74) is 0.711. The number of rotatable bonds is 12. The van der Waals surface area contributed by atoms with Crippen molar-refractivity contribution in [1.29, 1.82) is 0 Å². The molecule has 1 heterocycles. The standard InChI is InChI=1S/C28H40FN5O4S.ClH/c1-16(2)13-23(24(35)27-32-33-28(38-27)39-17(3)4)31-26(37)20-9-7-8-10-22(20)30-25(36)18-11-12-19(15-34(5)6)21(29)14-18;/h11-12,14,16-17,20,22-23H,7-10,13,15H2,1-6H3,(H,30,36)(H,31,37);1H/t20-,22+,23?;/m1./s1. The van der Waals surface area contributed by atoms with E-state index >= 15 is 0 Å². The second-order valence-corrected chi connectivity index (χ2v) is 12.6. The molecule has 0 saturated heterocycles. The lowest BCUT2D eigenvalue weighted by Crippen LogP contribution is -2.52. The van der Waals surface area contributed by atoms with Crippen LogP contribution in [0.2, 0.25) is 0 Å². The average Bonchev–Trinajstić information content (AvgIpc) is 3.31. The number of amides is 2. The van der Waals surface area contributed by atoms with Crippen LogP contribution in [0.3, 0.4) is 0 Å². The van der Waals surface area contributed by atoms with Crippen molar-refractivity contribution in [3.8, 4) is 0 Å². The third-order valence-electron chi connectivity index (χ3n) is 6.51. The van der Waals surface area contributed by atoms with Gasteiger partial charge in [-0.25, -0.2) is 4.39 Å². The van der Waals surface area contributed by atoms with E-state index in [9.17, 15) is 18.8 Å². The summed E-state index contributed by atoms with van der Waals surface area (Å²) in [6.45, 7) is 8.32. The van der Waals surface area contributed by atoms with Gasteiger partial charge in [0.2, 0.25) is 11.7 Å². The summed E-state index contributed by atoms with van der Waals surface area (Å²) in [4.78, 5) is 41.5. The second-order valence-electron chi connectivity index (χ2n) is 11.1. The SMILES string of the molecule is CC(C)CC(NC(=O)[C@@H]1CCCC[C@@H]1NC(=O)c1ccc(CN(C)C)c(F)c1)C(=O)c1nnc(SC(C)C)o1.Cl. The highest BCUT2D eigenvalue weighted by atomic mass is 35.5. The van der Waals surface area contributed by atoms with Crippen molar-refractivity contribution in [2.45, 2.75) is 88.9 Å². The van der Waals surface area contributed by atoms with Gasteiger partial charge in [-0.2, -0.15) is 0 Å². The van der Waals surface area contributed by atoms with Gasteiger partial charge in [-0.1, -0.05) is 58.4 Å². The van der Waals surface area contributed by atoms with Gasteiger partial charge in [-0.3, -0.25) is 14.4 Å². The molecule has 1 aromatic heterocycles. The fourth-order valence-corrected chi connectivity index (χ4v) is 5.33.